The van der Waals surface area contributed by atoms with Crippen LogP contribution >= 0.6 is 15.9 Å². The lowest BCUT2D eigenvalue weighted by Crippen LogP contribution is -2.01. The number of methoxy groups -OCH3 is 1. The molecule has 0 saturated carbocycles. The van der Waals surface area contributed by atoms with E-state index < -0.39 is 5.97 Å². The smallest absolute Gasteiger partial charge is 0.341 e. The van der Waals surface area contributed by atoms with Crippen LogP contribution in [0.15, 0.2) is 65.3 Å². The number of carbonyl (C=O) groups excluding carboxylic acids is 1. The zero-order chi connectivity index (χ0) is 15.5. The minimum Gasteiger partial charge on any atom is -0.465 e. The summed E-state index contributed by atoms with van der Waals surface area (Å²) in [6, 6.07) is 17.3. The molecule has 0 N–H and O–H groups in total. The molecule has 4 nitrogen and oxygen atoms in total. The van der Waals surface area contributed by atoms with Gasteiger partial charge in [0.05, 0.1) is 12.8 Å². The number of carbonyl (C=O) groups is 1. The highest BCUT2D eigenvalue weighted by Crippen LogP contribution is 2.25. The molecule has 22 heavy (non-hydrogen) atoms. The van der Waals surface area contributed by atoms with E-state index >= 15 is 0 Å². The molecule has 0 aliphatic rings. The number of hydrogen-bond acceptors (Lipinski definition) is 3. The fraction of sp³-hybridized carbons (Fsp3) is 0.0588. The molecule has 3 aromatic rings. The van der Waals surface area contributed by atoms with E-state index in [-0.39, 0.29) is 0 Å². The Labute approximate surface area is 136 Å². The highest BCUT2D eigenvalue weighted by molar-refractivity contribution is 9.10. The molecule has 2 aromatic carbocycles. The van der Waals surface area contributed by atoms with E-state index in [4.69, 9.17) is 4.74 Å². The molecule has 0 unspecified atom stereocenters. The first kappa shape index (κ1) is 14.5. The molecule has 0 amide bonds. The molecule has 0 radical (unpaired) electrons. The number of aromatic nitrogens is 2. The van der Waals surface area contributed by atoms with Crippen LogP contribution < -0.4 is 0 Å². The number of hydrogen-bond donors (Lipinski definition) is 0. The van der Waals surface area contributed by atoms with Gasteiger partial charge >= 0.3 is 5.97 Å². The summed E-state index contributed by atoms with van der Waals surface area (Å²) in [5.74, 6) is -0.403. The average molecular weight is 357 g/mol. The molecular formula is C17H13BrN2O2. The van der Waals surface area contributed by atoms with Gasteiger partial charge in [0.2, 0.25) is 0 Å². The van der Waals surface area contributed by atoms with Crippen LogP contribution in [0.2, 0.25) is 0 Å². The van der Waals surface area contributed by atoms with Gasteiger partial charge in [-0.3, -0.25) is 0 Å². The van der Waals surface area contributed by atoms with Gasteiger partial charge in [-0.1, -0.05) is 46.3 Å². The molecule has 110 valence electrons. The molecule has 3 rings (SSSR count). The Morgan fingerprint density at radius 3 is 2.41 bits per heavy atom. The first-order chi connectivity index (χ1) is 10.7. The topological polar surface area (TPSA) is 44.1 Å². The summed E-state index contributed by atoms with van der Waals surface area (Å²) < 4.78 is 7.52. The minimum absolute atomic E-state index is 0.403. The summed E-state index contributed by atoms with van der Waals surface area (Å²) in [6.07, 6.45) is 1.69. The second kappa shape index (κ2) is 6.15. The van der Waals surface area contributed by atoms with Gasteiger partial charge in [0, 0.05) is 16.2 Å². The lowest BCUT2D eigenvalue weighted by atomic mass is 10.1. The molecule has 0 bridgehead atoms. The number of para-hydroxylation sites is 1. The summed E-state index contributed by atoms with van der Waals surface area (Å²) in [7, 11) is 1.37. The van der Waals surface area contributed by atoms with Crippen molar-refractivity contribution < 1.29 is 9.53 Å². The summed E-state index contributed by atoms with van der Waals surface area (Å²) in [6.45, 7) is 0. The Hall–Kier alpha value is -2.40. The van der Waals surface area contributed by atoms with E-state index in [9.17, 15) is 4.79 Å². The third-order valence-corrected chi connectivity index (χ3v) is 3.79. The lowest BCUT2D eigenvalue weighted by Gasteiger charge is -2.01. The number of ether oxygens (including phenoxy) is 1. The van der Waals surface area contributed by atoms with Gasteiger partial charge < -0.3 is 4.74 Å². The number of nitrogens with zero attached hydrogens (tertiary/aromatic N) is 2. The summed E-state index contributed by atoms with van der Waals surface area (Å²) in [4.78, 5) is 12.0. The third kappa shape index (κ3) is 2.80. The SMILES string of the molecule is COC(=O)c1cn(-c2ccccc2)nc1-c1ccc(Br)cc1. The van der Waals surface area contributed by atoms with Crippen molar-refractivity contribution in [2.45, 2.75) is 0 Å². The molecule has 1 heterocycles. The first-order valence-electron chi connectivity index (χ1n) is 6.68. The Morgan fingerprint density at radius 1 is 1.09 bits per heavy atom. The van der Waals surface area contributed by atoms with Crippen LogP contribution in [0.1, 0.15) is 10.4 Å². The van der Waals surface area contributed by atoms with E-state index in [0.717, 1.165) is 15.7 Å². The molecule has 0 spiro atoms. The predicted molar refractivity (Wildman–Crippen MR) is 88.0 cm³/mol. The Balaban J connectivity index is 2.13. The monoisotopic (exact) mass is 356 g/mol. The fourth-order valence-corrected chi connectivity index (χ4v) is 2.43. The van der Waals surface area contributed by atoms with Gasteiger partial charge in [-0.15, -0.1) is 0 Å². The Bertz CT molecular complexity index is 795. The minimum atomic E-state index is -0.403. The predicted octanol–water partition coefficient (Wildman–Crippen LogP) is 4.09. The van der Waals surface area contributed by atoms with Gasteiger partial charge in [-0.05, 0) is 24.3 Å². The molecular weight excluding hydrogens is 344 g/mol. The maximum absolute atomic E-state index is 12.0. The maximum Gasteiger partial charge on any atom is 0.341 e. The van der Waals surface area contributed by atoms with Gasteiger partial charge in [-0.25, -0.2) is 9.48 Å². The molecule has 0 saturated heterocycles. The van der Waals surface area contributed by atoms with E-state index in [1.165, 1.54) is 7.11 Å². The zero-order valence-corrected chi connectivity index (χ0v) is 13.4. The van der Waals surface area contributed by atoms with Crippen LogP contribution in [0.25, 0.3) is 16.9 Å². The van der Waals surface area contributed by atoms with Crippen molar-refractivity contribution in [2.24, 2.45) is 0 Å². The van der Waals surface area contributed by atoms with Crippen LogP contribution in [-0.2, 0) is 4.74 Å². The van der Waals surface area contributed by atoms with Crippen LogP contribution in [-0.4, -0.2) is 22.9 Å². The highest BCUT2D eigenvalue weighted by atomic mass is 79.9. The molecule has 0 aliphatic carbocycles. The normalized spacial score (nSPS) is 10.5. The molecule has 5 heteroatoms. The summed E-state index contributed by atoms with van der Waals surface area (Å²) in [5.41, 5.74) is 2.78. The van der Waals surface area contributed by atoms with Gasteiger partial charge in [0.25, 0.3) is 0 Å². The molecule has 1 aromatic heterocycles. The number of benzene rings is 2. The Morgan fingerprint density at radius 2 is 1.77 bits per heavy atom. The van der Waals surface area contributed by atoms with Crippen LogP contribution in [0.5, 0.6) is 0 Å². The van der Waals surface area contributed by atoms with Crippen molar-refractivity contribution in [3.8, 4) is 16.9 Å². The average Bonchev–Trinajstić information content (AvgIpc) is 3.01. The third-order valence-electron chi connectivity index (χ3n) is 3.26. The number of rotatable bonds is 3. The standard InChI is InChI=1S/C17H13BrN2O2/c1-22-17(21)15-11-20(14-5-3-2-4-6-14)19-16(15)12-7-9-13(18)10-8-12/h2-11H,1H3. The fourth-order valence-electron chi connectivity index (χ4n) is 2.17. The van der Waals surface area contributed by atoms with Crippen molar-refractivity contribution in [1.82, 2.24) is 9.78 Å². The van der Waals surface area contributed by atoms with E-state index in [0.29, 0.717) is 11.3 Å². The van der Waals surface area contributed by atoms with Crippen molar-refractivity contribution in [2.75, 3.05) is 7.11 Å². The molecule has 0 aliphatic heterocycles. The number of esters is 1. The van der Waals surface area contributed by atoms with Gasteiger partial charge in [-0.2, -0.15) is 5.10 Å². The zero-order valence-electron chi connectivity index (χ0n) is 11.9. The largest absolute Gasteiger partial charge is 0.465 e. The quantitative estimate of drug-likeness (QED) is 0.664. The van der Waals surface area contributed by atoms with Crippen molar-refractivity contribution in [3.05, 3.63) is 70.8 Å². The highest BCUT2D eigenvalue weighted by Gasteiger charge is 2.19. The van der Waals surface area contributed by atoms with Gasteiger partial charge in [0.15, 0.2) is 0 Å². The molecule has 0 atom stereocenters. The first-order valence-corrected chi connectivity index (χ1v) is 7.47. The lowest BCUT2D eigenvalue weighted by molar-refractivity contribution is 0.0601. The van der Waals surface area contributed by atoms with Crippen LogP contribution in [0, 0.1) is 0 Å². The second-order valence-electron chi connectivity index (χ2n) is 4.67. The van der Waals surface area contributed by atoms with E-state index in [1.54, 1.807) is 10.9 Å². The van der Waals surface area contributed by atoms with Crippen LogP contribution in [0.4, 0.5) is 0 Å². The molecule has 0 fully saturated rings. The van der Waals surface area contributed by atoms with Gasteiger partial charge in [0.1, 0.15) is 11.3 Å². The van der Waals surface area contributed by atoms with E-state index in [2.05, 4.69) is 21.0 Å². The number of halogens is 1. The second-order valence-corrected chi connectivity index (χ2v) is 5.59. The van der Waals surface area contributed by atoms with E-state index in [1.807, 2.05) is 54.6 Å². The summed E-state index contributed by atoms with van der Waals surface area (Å²) >= 11 is 3.40. The van der Waals surface area contributed by atoms with Crippen molar-refractivity contribution in [1.29, 1.82) is 0 Å². The Kier molecular flexibility index (Phi) is 4.06. The van der Waals surface area contributed by atoms with Crippen molar-refractivity contribution >= 4 is 21.9 Å². The van der Waals surface area contributed by atoms with Crippen molar-refractivity contribution in [3.63, 3.8) is 0 Å². The summed E-state index contributed by atoms with van der Waals surface area (Å²) in [5, 5.41) is 4.55. The maximum atomic E-state index is 12.0. The van der Waals surface area contributed by atoms with Crippen LogP contribution in [0.3, 0.4) is 0 Å².